The summed E-state index contributed by atoms with van der Waals surface area (Å²) in [5, 5.41) is 3.43. The van der Waals surface area contributed by atoms with Crippen LogP contribution < -0.4 is 10.0 Å². The topological polar surface area (TPSA) is 67.4 Å². The molecule has 1 aromatic carbocycles. The lowest BCUT2D eigenvalue weighted by Crippen LogP contribution is -2.35. The molecule has 1 unspecified atom stereocenters. The molecule has 1 fully saturated rings. The van der Waals surface area contributed by atoms with Crippen LogP contribution in [0.2, 0.25) is 5.02 Å². The lowest BCUT2D eigenvalue weighted by Gasteiger charge is -2.22. The Hall–Kier alpha value is -0.660. The second-order valence-corrected chi connectivity index (χ2v) is 7.30. The second-order valence-electron chi connectivity index (χ2n) is 5.12. The Labute approximate surface area is 131 Å². The molecule has 5 nitrogen and oxygen atoms in total. The first-order valence-electron chi connectivity index (χ1n) is 7.07. The largest absolute Gasteiger partial charge is 0.377 e. The Kier molecular flexibility index (Phi) is 6.01. The Morgan fingerprint density at radius 2 is 2.19 bits per heavy atom. The SMILES string of the molecule is CNCc1ccc(S(=O)(=O)NCC2CCCCO2)cc1Cl. The fraction of sp³-hybridized carbons (Fsp3) is 0.571. The van der Waals surface area contributed by atoms with Gasteiger partial charge >= 0.3 is 0 Å². The van der Waals surface area contributed by atoms with E-state index in [1.165, 1.54) is 6.07 Å². The van der Waals surface area contributed by atoms with Crippen LogP contribution in [0, 0.1) is 0 Å². The van der Waals surface area contributed by atoms with Gasteiger partial charge in [-0.1, -0.05) is 17.7 Å². The number of hydrogen-bond donors (Lipinski definition) is 2. The van der Waals surface area contributed by atoms with Gasteiger partial charge in [0.1, 0.15) is 0 Å². The molecule has 1 aliphatic heterocycles. The molecule has 0 bridgehead atoms. The molecule has 1 atom stereocenters. The van der Waals surface area contributed by atoms with Gasteiger partial charge in [0.15, 0.2) is 0 Å². The lowest BCUT2D eigenvalue weighted by molar-refractivity contribution is 0.0200. The van der Waals surface area contributed by atoms with Crippen molar-refractivity contribution in [3.8, 4) is 0 Å². The fourth-order valence-electron chi connectivity index (χ4n) is 2.28. The van der Waals surface area contributed by atoms with Crippen molar-refractivity contribution in [3.05, 3.63) is 28.8 Å². The van der Waals surface area contributed by atoms with E-state index in [1.54, 1.807) is 12.1 Å². The summed E-state index contributed by atoms with van der Waals surface area (Å²) in [5.74, 6) is 0. The van der Waals surface area contributed by atoms with E-state index in [-0.39, 0.29) is 11.0 Å². The fourth-order valence-corrected chi connectivity index (χ4v) is 3.69. The first kappa shape index (κ1) is 16.7. The maximum absolute atomic E-state index is 12.3. The molecule has 2 rings (SSSR count). The maximum Gasteiger partial charge on any atom is 0.240 e. The van der Waals surface area contributed by atoms with Crippen LogP contribution in [-0.4, -0.2) is 34.7 Å². The molecule has 1 saturated heterocycles. The molecule has 2 N–H and O–H groups in total. The first-order valence-corrected chi connectivity index (χ1v) is 8.93. The molecule has 7 heteroatoms. The molecule has 0 aromatic heterocycles. The number of nitrogens with one attached hydrogen (secondary N) is 2. The van der Waals surface area contributed by atoms with E-state index in [0.717, 1.165) is 24.8 Å². The minimum atomic E-state index is -3.55. The van der Waals surface area contributed by atoms with E-state index >= 15 is 0 Å². The zero-order valence-corrected chi connectivity index (χ0v) is 13.6. The highest BCUT2D eigenvalue weighted by molar-refractivity contribution is 7.89. The summed E-state index contributed by atoms with van der Waals surface area (Å²) < 4.78 is 32.6. The normalized spacial score (nSPS) is 19.6. The molecule has 118 valence electrons. The van der Waals surface area contributed by atoms with Gasteiger partial charge in [0.05, 0.1) is 11.0 Å². The second kappa shape index (κ2) is 7.56. The Morgan fingerprint density at radius 1 is 1.38 bits per heavy atom. The summed E-state index contributed by atoms with van der Waals surface area (Å²) in [4.78, 5) is 0.183. The average Bonchev–Trinajstić information content (AvgIpc) is 2.48. The molecular formula is C14H21ClN2O3S. The molecule has 0 amide bonds. The number of ether oxygens (including phenoxy) is 1. The van der Waals surface area contributed by atoms with Crippen LogP contribution in [-0.2, 0) is 21.3 Å². The quantitative estimate of drug-likeness (QED) is 0.835. The summed E-state index contributed by atoms with van der Waals surface area (Å²) in [6.45, 7) is 1.61. The Morgan fingerprint density at radius 3 is 2.81 bits per heavy atom. The van der Waals surface area contributed by atoms with Crippen molar-refractivity contribution in [2.24, 2.45) is 0 Å². The number of halogens is 1. The van der Waals surface area contributed by atoms with Crippen molar-refractivity contribution < 1.29 is 13.2 Å². The van der Waals surface area contributed by atoms with Crippen LogP contribution in [0.3, 0.4) is 0 Å². The number of hydrogen-bond acceptors (Lipinski definition) is 4. The van der Waals surface area contributed by atoms with E-state index in [9.17, 15) is 8.42 Å². The highest BCUT2D eigenvalue weighted by Gasteiger charge is 2.20. The van der Waals surface area contributed by atoms with Gasteiger partial charge < -0.3 is 10.1 Å². The maximum atomic E-state index is 12.3. The van der Waals surface area contributed by atoms with Crippen LogP contribution >= 0.6 is 11.6 Å². The predicted octanol–water partition coefficient (Wildman–Crippen LogP) is 1.91. The van der Waals surface area contributed by atoms with Crippen molar-refractivity contribution in [2.45, 2.75) is 36.8 Å². The van der Waals surface area contributed by atoms with Gasteiger partial charge in [0.25, 0.3) is 0 Å². The predicted molar refractivity (Wildman–Crippen MR) is 83.0 cm³/mol. The van der Waals surface area contributed by atoms with Gasteiger partial charge in [-0.3, -0.25) is 0 Å². The van der Waals surface area contributed by atoms with Gasteiger partial charge in [-0.15, -0.1) is 0 Å². The molecule has 0 saturated carbocycles. The Balaban J connectivity index is 2.03. The van der Waals surface area contributed by atoms with Crippen LogP contribution in [0.4, 0.5) is 0 Å². The van der Waals surface area contributed by atoms with Crippen molar-refractivity contribution in [1.82, 2.24) is 10.0 Å². The van der Waals surface area contributed by atoms with E-state index in [4.69, 9.17) is 16.3 Å². The van der Waals surface area contributed by atoms with Crippen molar-refractivity contribution in [3.63, 3.8) is 0 Å². The molecule has 0 spiro atoms. The molecule has 0 aliphatic carbocycles. The van der Waals surface area contributed by atoms with Crippen LogP contribution in [0.5, 0.6) is 0 Å². The molecule has 21 heavy (non-hydrogen) atoms. The minimum absolute atomic E-state index is 0.0347. The monoisotopic (exact) mass is 332 g/mol. The van der Waals surface area contributed by atoms with Crippen molar-refractivity contribution in [1.29, 1.82) is 0 Å². The Bertz CT molecular complexity index is 572. The lowest BCUT2D eigenvalue weighted by atomic mass is 10.1. The van der Waals surface area contributed by atoms with Gasteiger partial charge in [-0.2, -0.15) is 0 Å². The van der Waals surface area contributed by atoms with Crippen LogP contribution in [0.1, 0.15) is 24.8 Å². The molecule has 1 aromatic rings. The van der Waals surface area contributed by atoms with Crippen LogP contribution in [0.15, 0.2) is 23.1 Å². The summed E-state index contributed by atoms with van der Waals surface area (Å²) in [6, 6.07) is 4.78. The summed E-state index contributed by atoms with van der Waals surface area (Å²) in [5.41, 5.74) is 0.869. The number of benzene rings is 1. The molecular weight excluding hydrogens is 312 g/mol. The summed E-state index contributed by atoms with van der Waals surface area (Å²) >= 11 is 6.11. The van der Waals surface area contributed by atoms with E-state index in [0.29, 0.717) is 24.7 Å². The van der Waals surface area contributed by atoms with E-state index in [1.807, 2.05) is 7.05 Å². The van der Waals surface area contributed by atoms with Crippen LogP contribution in [0.25, 0.3) is 0 Å². The third-order valence-corrected chi connectivity index (χ3v) is 5.25. The van der Waals surface area contributed by atoms with Gasteiger partial charge in [-0.05, 0) is 44.0 Å². The minimum Gasteiger partial charge on any atom is -0.377 e. The van der Waals surface area contributed by atoms with Gasteiger partial charge in [0.2, 0.25) is 10.0 Å². The smallest absolute Gasteiger partial charge is 0.240 e. The van der Waals surface area contributed by atoms with Gasteiger partial charge in [0, 0.05) is 24.7 Å². The number of rotatable bonds is 6. The zero-order chi connectivity index (χ0) is 15.3. The van der Waals surface area contributed by atoms with E-state index in [2.05, 4.69) is 10.0 Å². The first-order chi connectivity index (χ1) is 10.0. The summed E-state index contributed by atoms with van der Waals surface area (Å²) in [6.07, 6.45) is 2.99. The third kappa shape index (κ3) is 4.66. The zero-order valence-electron chi connectivity index (χ0n) is 12.1. The van der Waals surface area contributed by atoms with Crippen molar-refractivity contribution >= 4 is 21.6 Å². The summed E-state index contributed by atoms with van der Waals surface area (Å²) in [7, 11) is -1.74. The highest BCUT2D eigenvalue weighted by atomic mass is 35.5. The van der Waals surface area contributed by atoms with E-state index < -0.39 is 10.0 Å². The van der Waals surface area contributed by atoms with Crippen molar-refractivity contribution in [2.75, 3.05) is 20.2 Å². The third-order valence-electron chi connectivity index (χ3n) is 3.48. The highest BCUT2D eigenvalue weighted by Crippen LogP contribution is 2.21. The molecule has 1 aliphatic rings. The number of sulfonamides is 1. The standard InChI is InChI=1S/C14H21ClN2O3S/c1-16-9-11-5-6-13(8-14(11)15)21(18,19)17-10-12-4-2-3-7-20-12/h5-6,8,12,16-17H,2-4,7,9-10H2,1H3. The van der Waals surface area contributed by atoms with Gasteiger partial charge in [-0.25, -0.2) is 13.1 Å². The molecule has 0 radical (unpaired) electrons. The molecule has 1 heterocycles. The average molecular weight is 333 g/mol.